The Morgan fingerprint density at radius 2 is 2.06 bits per heavy atom. The van der Waals surface area contributed by atoms with Crippen LogP contribution in [0, 0.1) is 6.92 Å². The Morgan fingerprint density at radius 3 is 2.56 bits per heavy atom. The van der Waals surface area contributed by atoms with Gasteiger partial charge in [-0.2, -0.15) is 0 Å². The van der Waals surface area contributed by atoms with E-state index < -0.39 is 16.0 Å². The third kappa shape index (κ3) is 3.54. The van der Waals surface area contributed by atoms with E-state index in [1.165, 1.54) is 19.1 Å². The Morgan fingerprint density at radius 1 is 1.44 bits per heavy atom. The molecule has 0 spiro atoms. The first kappa shape index (κ1) is 15.1. The highest BCUT2D eigenvalue weighted by Gasteiger charge is 2.20. The number of carbonyl (C=O) groups is 1. The van der Waals surface area contributed by atoms with Crippen LogP contribution in [0.15, 0.2) is 21.5 Å². The molecule has 1 aromatic carbocycles. The lowest BCUT2D eigenvalue weighted by Gasteiger charge is -2.10. The summed E-state index contributed by atoms with van der Waals surface area (Å²) in [6.45, 7) is 3.68. The van der Waals surface area contributed by atoms with E-state index >= 15 is 0 Å². The van der Waals surface area contributed by atoms with Gasteiger partial charge in [0.15, 0.2) is 0 Å². The van der Waals surface area contributed by atoms with Crippen LogP contribution in [0.2, 0.25) is 0 Å². The standard InChI is InChI=1S/C11H14BrNO4S/c1-3-4-17-11(14)9-5-8(12)6-10(7(9)2)18(13,15)16/h5-6H,3-4H2,1-2H3,(H2,13,15,16). The third-order valence-corrected chi connectivity index (χ3v) is 3.78. The Hall–Kier alpha value is -0.920. The van der Waals surface area contributed by atoms with E-state index in [2.05, 4.69) is 15.9 Å². The van der Waals surface area contributed by atoms with E-state index in [1.807, 2.05) is 6.92 Å². The van der Waals surface area contributed by atoms with Crippen molar-refractivity contribution in [2.75, 3.05) is 6.61 Å². The molecule has 0 aromatic heterocycles. The highest BCUT2D eigenvalue weighted by Crippen LogP contribution is 2.24. The number of halogens is 1. The molecule has 5 nitrogen and oxygen atoms in total. The van der Waals surface area contributed by atoms with Crippen LogP contribution in [-0.4, -0.2) is 21.0 Å². The summed E-state index contributed by atoms with van der Waals surface area (Å²) in [6, 6.07) is 2.88. The molecule has 0 radical (unpaired) electrons. The second kappa shape index (κ2) is 5.81. The molecule has 0 aliphatic carbocycles. The van der Waals surface area contributed by atoms with Crippen LogP contribution in [0.4, 0.5) is 0 Å². The Balaban J connectivity index is 3.30. The SMILES string of the molecule is CCCOC(=O)c1cc(Br)cc(S(N)(=O)=O)c1C. The molecule has 0 aliphatic rings. The van der Waals surface area contributed by atoms with E-state index in [0.29, 0.717) is 16.5 Å². The van der Waals surface area contributed by atoms with Crippen molar-refractivity contribution in [1.82, 2.24) is 0 Å². The van der Waals surface area contributed by atoms with Crippen LogP contribution in [0.1, 0.15) is 29.3 Å². The molecule has 1 rings (SSSR count). The van der Waals surface area contributed by atoms with Crippen molar-refractivity contribution < 1.29 is 17.9 Å². The van der Waals surface area contributed by atoms with Crippen LogP contribution < -0.4 is 5.14 Å². The van der Waals surface area contributed by atoms with Crippen molar-refractivity contribution in [3.05, 3.63) is 27.7 Å². The minimum Gasteiger partial charge on any atom is -0.462 e. The average molecular weight is 336 g/mol. The summed E-state index contributed by atoms with van der Waals surface area (Å²) in [7, 11) is -3.87. The number of carbonyl (C=O) groups excluding carboxylic acids is 1. The number of hydrogen-bond donors (Lipinski definition) is 1. The summed E-state index contributed by atoms with van der Waals surface area (Å²) in [6.07, 6.45) is 0.695. The van der Waals surface area contributed by atoms with Crippen molar-refractivity contribution in [3.63, 3.8) is 0 Å². The molecule has 2 N–H and O–H groups in total. The van der Waals surface area contributed by atoms with Gasteiger partial charge in [0.25, 0.3) is 0 Å². The molecule has 0 fully saturated rings. The number of sulfonamides is 1. The molecule has 18 heavy (non-hydrogen) atoms. The zero-order chi connectivity index (χ0) is 13.9. The maximum atomic E-state index is 11.8. The molecule has 0 saturated carbocycles. The summed E-state index contributed by atoms with van der Waals surface area (Å²) in [5.74, 6) is -0.555. The average Bonchev–Trinajstić information content (AvgIpc) is 2.27. The monoisotopic (exact) mass is 335 g/mol. The number of benzene rings is 1. The maximum Gasteiger partial charge on any atom is 0.338 e. The van der Waals surface area contributed by atoms with Gasteiger partial charge in [-0.1, -0.05) is 22.9 Å². The van der Waals surface area contributed by atoms with Crippen LogP contribution >= 0.6 is 15.9 Å². The first-order chi connectivity index (χ1) is 8.27. The largest absolute Gasteiger partial charge is 0.462 e. The zero-order valence-corrected chi connectivity index (χ0v) is 12.5. The van der Waals surface area contributed by atoms with Gasteiger partial charge in [-0.25, -0.2) is 18.4 Å². The fourth-order valence-electron chi connectivity index (χ4n) is 1.43. The van der Waals surface area contributed by atoms with Gasteiger partial charge in [0.05, 0.1) is 17.1 Å². The molecule has 0 unspecified atom stereocenters. The number of hydrogen-bond acceptors (Lipinski definition) is 4. The van der Waals surface area contributed by atoms with Crippen LogP contribution in [0.25, 0.3) is 0 Å². The molecule has 0 heterocycles. The number of primary sulfonamides is 1. The molecule has 0 aliphatic heterocycles. The first-order valence-corrected chi connectivity index (χ1v) is 7.61. The van der Waals surface area contributed by atoms with Crippen LogP contribution in [0.3, 0.4) is 0 Å². The summed E-state index contributed by atoms with van der Waals surface area (Å²) < 4.78 is 28.2. The molecule has 1 aromatic rings. The Kier molecular flexibility index (Phi) is 4.89. The highest BCUT2D eigenvalue weighted by molar-refractivity contribution is 9.10. The predicted octanol–water partition coefficient (Wildman–Crippen LogP) is 1.97. The fourth-order valence-corrected chi connectivity index (χ4v) is 2.87. The fraction of sp³-hybridized carbons (Fsp3) is 0.364. The molecule has 0 saturated heterocycles. The van der Waals surface area contributed by atoms with E-state index in [-0.39, 0.29) is 17.1 Å². The number of ether oxygens (including phenoxy) is 1. The van der Waals surface area contributed by atoms with Crippen LogP contribution in [0.5, 0.6) is 0 Å². The normalized spacial score (nSPS) is 11.3. The molecule has 0 bridgehead atoms. The maximum absolute atomic E-state index is 11.8. The third-order valence-electron chi connectivity index (χ3n) is 2.29. The molecular weight excluding hydrogens is 322 g/mol. The van der Waals surface area contributed by atoms with Gasteiger partial charge < -0.3 is 4.74 Å². The summed E-state index contributed by atoms with van der Waals surface area (Å²) in [5.41, 5.74) is 0.489. The number of nitrogens with two attached hydrogens (primary N) is 1. The summed E-state index contributed by atoms with van der Waals surface area (Å²) >= 11 is 3.15. The second-order valence-electron chi connectivity index (χ2n) is 3.76. The van der Waals surface area contributed by atoms with Crippen LogP contribution in [-0.2, 0) is 14.8 Å². The molecule has 7 heteroatoms. The van der Waals surface area contributed by atoms with Crippen molar-refractivity contribution in [3.8, 4) is 0 Å². The Bertz CT molecular complexity index is 569. The zero-order valence-electron chi connectivity index (χ0n) is 10.1. The molecule has 100 valence electrons. The van der Waals surface area contributed by atoms with E-state index in [4.69, 9.17) is 9.88 Å². The molecular formula is C11H14BrNO4S. The van der Waals surface area contributed by atoms with Gasteiger partial charge in [-0.3, -0.25) is 0 Å². The minimum absolute atomic E-state index is 0.0830. The smallest absolute Gasteiger partial charge is 0.338 e. The van der Waals surface area contributed by atoms with Gasteiger partial charge in [-0.05, 0) is 31.0 Å². The lowest BCUT2D eigenvalue weighted by molar-refractivity contribution is 0.0504. The molecule has 0 atom stereocenters. The topological polar surface area (TPSA) is 86.5 Å². The lowest BCUT2D eigenvalue weighted by atomic mass is 10.1. The van der Waals surface area contributed by atoms with Gasteiger partial charge in [0.2, 0.25) is 10.0 Å². The second-order valence-corrected chi connectivity index (χ2v) is 6.20. The Labute approximate surface area is 114 Å². The van der Waals surface area contributed by atoms with Crippen molar-refractivity contribution in [2.24, 2.45) is 5.14 Å². The number of rotatable bonds is 4. The van der Waals surface area contributed by atoms with Gasteiger partial charge in [0, 0.05) is 4.47 Å². The minimum atomic E-state index is -3.87. The summed E-state index contributed by atoms with van der Waals surface area (Å²) in [4.78, 5) is 11.7. The highest BCUT2D eigenvalue weighted by atomic mass is 79.9. The van der Waals surface area contributed by atoms with E-state index in [1.54, 1.807) is 0 Å². The predicted molar refractivity (Wildman–Crippen MR) is 70.8 cm³/mol. The quantitative estimate of drug-likeness (QED) is 0.852. The van der Waals surface area contributed by atoms with Crippen molar-refractivity contribution >= 4 is 31.9 Å². The van der Waals surface area contributed by atoms with Gasteiger partial charge in [0.1, 0.15) is 0 Å². The van der Waals surface area contributed by atoms with Crippen molar-refractivity contribution in [2.45, 2.75) is 25.2 Å². The van der Waals surface area contributed by atoms with Gasteiger partial charge in [-0.15, -0.1) is 0 Å². The lowest BCUT2D eigenvalue weighted by Crippen LogP contribution is -2.16. The van der Waals surface area contributed by atoms with E-state index in [0.717, 1.165) is 0 Å². The summed E-state index contributed by atoms with van der Waals surface area (Å²) in [5, 5.41) is 5.09. The number of esters is 1. The molecule has 0 amide bonds. The van der Waals surface area contributed by atoms with Crippen molar-refractivity contribution in [1.29, 1.82) is 0 Å². The van der Waals surface area contributed by atoms with Gasteiger partial charge >= 0.3 is 5.97 Å². The first-order valence-electron chi connectivity index (χ1n) is 5.27. The van der Waals surface area contributed by atoms with E-state index in [9.17, 15) is 13.2 Å².